The van der Waals surface area contributed by atoms with Gasteiger partial charge in [0.25, 0.3) is 0 Å². The molecule has 0 heterocycles. The van der Waals surface area contributed by atoms with Crippen LogP contribution in [0.4, 0.5) is 8.78 Å². The van der Waals surface area contributed by atoms with Crippen molar-refractivity contribution in [3.05, 3.63) is 35.4 Å². The fraction of sp³-hybridized carbons (Fsp3) is 0.500. The first-order valence-electron chi connectivity index (χ1n) is 6.39. The lowest BCUT2D eigenvalue weighted by molar-refractivity contribution is 0.101. The Balaban J connectivity index is 1.94. The lowest BCUT2D eigenvalue weighted by atomic mass is 10.1. The summed E-state index contributed by atoms with van der Waals surface area (Å²) in [5.41, 5.74) is -0.179. The van der Waals surface area contributed by atoms with Crippen molar-refractivity contribution in [3.63, 3.8) is 0 Å². The lowest BCUT2D eigenvalue weighted by Crippen LogP contribution is -2.18. The largest absolute Gasteiger partial charge is 0.293 e. The van der Waals surface area contributed by atoms with Crippen LogP contribution in [0.25, 0.3) is 0 Å². The molecule has 0 saturated heterocycles. The van der Waals surface area contributed by atoms with Crippen LogP contribution >= 0.6 is 0 Å². The average molecular weight is 286 g/mol. The van der Waals surface area contributed by atoms with E-state index in [4.69, 9.17) is 0 Å². The Kier molecular flexibility index (Phi) is 4.80. The first-order valence-corrected chi connectivity index (χ1v) is 7.88. The molecule has 104 valence electrons. The molecular formula is C14H16F2O2S. The number of carbonyl (C=O) groups excluding carboxylic acids is 1. The van der Waals surface area contributed by atoms with Gasteiger partial charge < -0.3 is 0 Å². The number of ketones is 1. The molecule has 2 nitrogen and oxygen atoms in total. The van der Waals surface area contributed by atoms with Gasteiger partial charge in [-0.05, 0) is 30.9 Å². The summed E-state index contributed by atoms with van der Waals surface area (Å²) in [6.07, 6.45) is 4.43. The van der Waals surface area contributed by atoms with Crippen LogP contribution < -0.4 is 0 Å². The molecule has 0 N–H and O–H groups in total. The maximum Gasteiger partial charge on any atom is 0.178 e. The van der Waals surface area contributed by atoms with Crippen LogP contribution in [0, 0.1) is 17.6 Å². The van der Waals surface area contributed by atoms with Gasteiger partial charge in [0, 0.05) is 22.6 Å². The molecule has 1 aliphatic carbocycles. The van der Waals surface area contributed by atoms with Gasteiger partial charge in [0.05, 0.1) is 11.3 Å². The molecule has 1 aromatic carbocycles. The molecule has 5 heteroatoms. The summed E-state index contributed by atoms with van der Waals surface area (Å²) in [5.74, 6) is -1.38. The van der Waals surface area contributed by atoms with Gasteiger partial charge in [-0.1, -0.05) is 12.8 Å². The molecule has 1 aromatic rings. The van der Waals surface area contributed by atoms with Crippen LogP contribution in [0.15, 0.2) is 18.2 Å². The Morgan fingerprint density at radius 1 is 1.26 bits per heavy atom. The molecule has 1 atom stereocenters. The van der Waals surface area contributed by atoms with Gasteiger partial charge in [-0.15, -0.1) is 0 Å². The van der Waals surface area contributed by atoms with E-state index in [0.717, 1.165) is 37.8 Å². The first-order chi connectivity index (χ1) is 9.06. The molecule has 0 radical (unpaired) electrons. The molecule has 0 aliphatic heterocycles. The van der Waals surface area contributed by atoms with E-state index >= 15 is 0 Å². The number of Topliss-reactive ketones (excluding diaryl/α,β-unsaturated/α-hetero) is 1. The van der Waals surface area contributed by atoms with Crippen LogP contribution in [-0.4, -0.2) is 21.5 Å². The molecule has 0 aromatic heterocycles. The monoisotopic (exact) mass is 286 g/mol. The van der Waals surface area contributed by atoms with E-state index in [9.17, 15) is 17.8 Å². The van der Waals surface area contributed by atoms with Crippen molar-refractivity contribution in [3.8, 4) is 0 Å². The molecule has 0 spiro atoms. The predicted octanol–water partition coefficient (Wildman–Crippen LogP) is 3.09. The summed E-state index contributed by atoms with van der Waals surface area (Å²) in [5, 5.41) is 0. The number of hydrogen-bond donors (Lipinski definition) is 0. The van der Waals surface area contributed by atoms with Crippen molar-refractivity contribution in [1.82, 2.24) is 0 Å². The summed E-state index contributed by atoms with van der Waals surface area (Å²) in [6, 6.07) is 2.82. The van der Waals surface area contributed by atoms with E-state index in [1.54, 1.807) is 0 Å². The number of rotatable bonds is 5. The van der Waals surface area contributed by atoms with Gasteiger partial charge in [-0.3, -0.25) is 9.00 Å². The van der Waals surface area contributed by atoms with E-state index < -0.39 is 28.2 Å². The number of benzene rings is 1. The summed E-state index contributed by atoms with van der Waals surface area (Å²) in [4.78, 5) is 11.8. The van der Waals surface area contributed by atoms with E-state index in [1.165, 1.54) is 0 Å². The van der Waals surface area contributed by atoms with Gasteiger partial charge in [-0.25, -0.2) is 8.78 Å². The van der Waals surface area contributed by atoms with Crippen LogP contribution in [0.1, 0.15) is 36.0 Å². The standard InChI is InChI=1S/C14H16F2O2S/c15-11-5-6-12(13(16)7-11)14(17)9-19(18)8-10-3-1-2-4-10/h5-7,10H,1-4,8-9H2. The maximum absolute atomic E-state index is 13.4. The molecule has 1 aliphatic rings. The molecule has 19 heavy (non-hydrogen) atoms. The zero-order valence-corrected chi connectivity index (χ0v) is 11.3. The second-order valence-electron chi connectivity index (χ2n) is 4.95. The quantitative estimate of drug-likeness (QED) is 0.780. The Bertz CT molecular complexity index is 496. The Hall–Kier alpha value is -1.10. The summed E-state index contributed by atoms with van der Waals surface area (Å²) in [6.45, 7) is 0. The fourth-order valence-electron chi connectivity index (χ4n) is 2.44. The average Bonchev–Trinajstić information content (AvgIpc) is 2.81. The van der Waals surface area contributed by atoms with Crippen molar-refractivity contribution >= 4 is 16.6 Å². The molecule has 1 fully saturated rings. The highest BCUT2D eigenvalue weighted by molar-refractivity contribution is 7.85. The molecular weight excluding hydrogens is 270 g/mol. The van der Waals surface area contributed by atoms with Gasteiger partial charge >= 0.3 is 0 Å². The summed E-state index contributed by atoms with van der Waals surface area (Å²) < 4.78 is 38.0. The van der Waals surface area contributed by atoms with E-state index in [0.29, 0.717) is 17.7 Å². The van der Waals surface area contributed by atoms with Crippen molar-refractivity contribution in [2.75, 3.05) is 11.5 Å². The molecule has 0 bridgehead atoms. The molecule has 0 amide bonds. The molecule has 1 unspecified atom stereocenters. The SMILES string of the molecule is O=C(CS(=O)CC1CCCC1)c1ccc(F)cc1F. The van der Waals surface area contributed by atoms with Crippen molar-refractivity contribution in [2.45, 2.75) is 25.7 Å². The maximum atomic E-state index is 13.4. The van der Waals surface area contributed by atoms with Crippen LogP contribution in [0.5, 0.6) is 0 Å². The van der Waals surface area contributed by atoms with Crippen LogP contribution in [0.3, 0.4) is 0 Å². The third-order valence-corrected chi connectivity index (χ3v) is 4.85. The van der Waals surface area contributed by atoms with Gasteiger partial charge in [-0.2, -0.15) is 0 Å². The van der Waals surface area contributed by atoms with Crippen molar-refractivity contribution in [1.29, 1.82) is 0 Å². The second kappa shape index (κ2) is 6.37. The zero-order chi connectivity index (χ0) is 13.8. The zero-order valence-electron chi connectivity index (χ0n) is 10.5. The minimum absolute atomic E-state index is 0.179. The van der Waals surface area contributed by atoms with Gasteiger partial charge in [0.2, 0.25) is 0 Å². The summed E-state index contributed by atoms with van der Waals surface area (Å²) in [7, 11) is -1.26. The molecule has 1 saturated carbocycles. The van der Waals surface area contributed by atoms with E-state index in [1.807, 2.05) is 0 Å². The first kappa shape index (κ1) is 14.3. The normalized spacial score (nSPS) is 17.6. The van der Waals surface area contributed by atoms with Crippen LogP contribution in [0.2, 0.25) is 0 Å². The number of carbonyl (C=O) groups is 1. The van der Waals surface area contributed by atoms with Gasteiger partial charge in [0.15, 0.2) is 5.78 Å². The van der Waals surface area contributed by atoms with E-state index in [-0.39, 0.29) is 11.3 Å². The lowest BCUT2D eigenvalue weighted by Gasteiger charge is -2.08. The predicted molar refractivity (Wildman–Crippen MR) is 70.5 cm³/mol. The minimum atomic E-state index is -1.26. The highest BCUT2D eigenvalue weighted by Gasteiger charge is 2.20. The fourth-order valence-corrected chi connectivity index (χ4v) is 3.86. The van der Waals surface area contributed by atoms with Crippen LogP contribution in [-0.2, 0) is 10.8 Å². The smallest absolute Gasteiger partial charge is 0.178 e. The topological polar surface area (TPSA) is 34.1 Å². The minimum Gasteiger partial charge on any atom is -0.293 e. The Morgan fingerprint density at radius 2 is 1.95 bits per heavy atom. The summed E-state index contributed by atoms with van der Waals surface area (Å²) >= 11 is 0. The third kappa shape index (κ3) is 3.93. The highest BCUT2D eigenvalue weighted by Crippen LogP contribution is 2.25. The van der Waals surface area contributed by atoms with E-state index in [2.05, 4.69) is 0 Å². The van der Waals surface area contributed by atoms with Gasteiger partial charge in [0.1, 0.15) is 11.6 Å². The third-order valence-electron chi connectivity index (χ3n) is 3.42. The molecule has 2 rings (SSSR count). The Labute approximate surface area is 113 Å². The second-order valence-corrected chi connectivity index (χ2v) is 6.45. The van der Waals surface area contributed by atoms with Crippen molar-refractivity contribution in [2.24, 2.45) is 5.92 Å². The highest BCUT2D eigenvalue weighted by atomic mass is 32.2. The number of hydrogen-bond acceptors (Lipinski definition) is 2. The van der Waals surface area contributed by atoms with Crippen molar-refractivity contribution < 1.29 is 17.8 Å². The Morgan fingerprint density at radius 3 is 2.58 bits per heavy atom. The number of halogens is 2.